The molecule has 23 heavy (non-hydrogen) atoms. The Morgan fingerprint density at radius 2 is 1.87 bits per heavy atom. The largest absolute Gasteiger partial charge is 0.341 e. The van der Waals surface area contributed by atoms with Gasteiger partial charge >= 0.3 is 0 Å². The summed E-state index contributed by atoms with van der Waals surface area (Å²) in [6, 6.07) is 7.54. The van der Waals surface area contributed by atoms with Gasteiger partial charge in [0.25, 0.3) is 0 Å². The van der Waals surface area contributed by atoms with E-state index in [1.165, 1.54) is 0 Å². The van der Waals surface area contributed by atoms with Crippen molar-refractivity contribution in [1.82, 2.24) is 10.2 Å². The monoisotopic (exact) mass is 335 g/mol. The number of hydrogen-bond donors (Lipinski definition) is 2. The first-order chi connectivity index (χ1) is 11.1. The van der Waals surface area contributed by atoms with Crippen molar-refractivity contribution in [1.29, 1.82) is 0 Å². The Bertz CT molecular complexity index is 527. The second kappa shape index (κ2) is 8.93. The summed E-state index contributed by atoms with van der Waals surface area (Å²) in [6.45, 7) is 4.23. The lowest BCUT2D eigenvalue weighted by molar-refractivity contribution is -0.130. The molecule has 0 aliphatic carbocycles. The predicted octanol–water partition coefficient (Wildman–Crippen LogP) is 1.60. The summed E-state index contributed by atoms with van der Waals surface area (Å²) < 4.78 is 0. The van der Waals surface area contributed by atoms with Gasteiger partial charge in [0, 0.05) is 42.7 Å². The van der Waals surface area contributed by atoms with Gasteiger partial charge in [0.05, 0.1) is 6.42 Å². The van der Waals surface area contributed by atoms with Gasteiger partial charge in [0.1, 0.15) is 0 Å². The number of nitrogens with zero attached hydrogens (tertiary/aromatic N) is 1. The number of anilines is 1. The van der Waals surface area contributed by atoms with Crippen molar-refractivity contribution in [2.24, 2.45) is 5.92 Å². The molecule has 2 N–H and O–H groups in total. The van der Waals surface area contributed by atoms with Crippen LogP contribution in [0.3, 0.4) is 0 Å². The summed E-state index contributed by atoms with van der Waals surface area (Å²) in [5, 5.41) is 5.88. The van der Waals surface area contributed by atoms with Gasteiger partial charge in [0.2, 0.25) is 11.8 Å². The van der Waals surface area contributed by atoms with Crippen molar-refractivity contribution in [2.45, 2.75) is 13.3 Å². The summed E-state index contributed by atoms with van der Waals surface area (Å²) in [5.74, 6) is 2.15. The maximum Gasteiger partial charge on any atom is 0.228 e. The van der Waals surface area contributed by atoms with Gasteiger partial charge in [-0.05, 0) is 24.7 Å². The van der Waals surface area contributed by atoms with Crippen LogP contribution in [0.15, 0.2) is 24.3 Å². The first-order valence-electron chi connectivity index (χ1n) is 8.00. The van der Waals surface area contributed by atoms with E-state index in [9.17, 15) is 9.59 Å². The summed E-state index contributed by atoms with van der Waals surface area (Å²) in [7, 11) is 1.83. The van der Waals surface area contributed by atoms with E-state index in [2.05, 4.69) is 10.6 Å². The van der Waals surface area contributed by atoms with E-state index < -0.39 is 0 Å². The number of nitrogens with one attached hydrogen (secondary N) is 2. The lowest BCUT2D eigenvalue weighted by Crippen LogP contribution is -2.38. The quantitative estimate of drug-likeness (QED) is 0.829. The van der Waals surface area contributed by atoms with Gasteiger partial charge in [-0.15, -0.1) is 0 Å². The van der Waals surface area contributed by atoms with E-state index in [1.807, 2.05) is 54.9 Å². The number of amides is 2. The van der Waals surface area contributed by atoms with Crippen molar-refractivity contribution < 1.29 is 9.59 Å². The number of carbonyl (C=O) groups is 2. The van der Waals surface area contributed by atoms with E-state index in [1.54, 1.807) is 0 Å². The van der Waals surface area contributed by atoms with Gasteiger partial charge in [0.15, 0.2) is 0 Å². The summed E-state index contributed by atoms with van der Waals surface area (Å²) >= 11 is 1.90. The number of rotatable bonds is 6. The van der Waals surface area contributed by atoms with Crippen LogP contribution in [0.5, 0.6) is 0 Å². The molecule has 0 bridgehead atoms. The van der Waals surface area contributed by atoms with Crippen LogP contribution in [-0.4, -0.2) is 54.9 Å². The maximum atomic E-state index is 12.2. The average molecular weight is 335 g/mol. The Balaban J connectivity index is 1.86. The molecule has 0 aromatic heterocycles. The van der Waals surface area contributed by atoms with E-state index in [4.69, 9.17) is 0 Å². The smallest absolute Gasteiger partial charge is 0.228 e. The normalized spacial score (nSPS) is 16.0. The summed E-state index contributed by atoms with van der Waals surface area (Å²) in [5.41, 5.74) is 1.75. The Kier molecular flexibility index (Phi) is 6.92. The minimum absolute atomic E-state index is 0.00556. The first kappa shape index (κ1) is 17.8. The molecule has 0 saturated carbocycles. The third kappa shape index (κ3) is 5.55. The molecule has 2 amide bonds. The Morgan fingerprint density at radius 3 is 2.48 bits per heavy atom. The van der Waals surface area contributed by atoms with Gasteiger partial charge in [-0.1, -0.05) is 19.1 Å². The molecule has 1 fully saturated rings. The number of benzene rings is 1. The molecule has 5 nitrogen and oxygen atoms in total. The average Bonchev–Trinajstić information content (AvgIpc) is 2.57. The van der Waals surface area contributed by atoms with E-state index in [-0.39, 0.29) is 17.7 Å². The van der Waals surface area contributed by atoms with Gasteiger partial charge in [-0.25, -0.2) is 0 Å². The molecular weight excluding hydrogens is 310 g/mol. The zero-order chi connectivity index (χ0) is 16.7. The lowest BCUT2D eigenvalue weighted by Gasteiger charge is -2.26. The molecule has 1 saturated heterocycles. The van der Waals surface area contributed by atoms with Crippen LogP contribution in [0.1, 0.15) is 12.5 Å². The molecule has 6 heteroatoms. The highest BCUT2D eigenvalue weighted by Crippen LogP contribution is 2.14. The Labute approximate surface area is 142 Å². The van der Waals surface area contributed by atoms with Crippen LogP contribution >= 0.6 is 11.8 Å². The fourth-order valence-electron chi connectivity index (χ4n) is 2.47. The molecule has 1 aromatic carbocycles. The van der Waals surface area contributed by atoms with Gasteiger partial charge in [-0.2, -0.15) is 11.8 Å². The maximum absolute atomic E-state index is 12.2. The van der Waals surface area contributed by atoms with Crippen LogP contribution < -0.4 is 10.6 Å². The number of thioether (sulfide) groups is 1. The lowest BCUT2D eigenvalue weighted by atomic mass is 10.1. The molecule has 0 spiro atoms. The second-order valence-electron chi connectivity index (χ2n) is 5.81. The van der Waals surface area contributed by atoms with Crippen molar-refractivity contribution >= 4 is 29.3 Å². The van der Waals surface area contributed by atoms with Crippen LogP contribution in [0.2, 0.25) is 0 Å². The fourth-order valence-corrected chi connectivity index (χ4v) is 3.37. The van der Waals surface area contributed by atoms with E-state index >= 15 is 0 Å². The fraction of sp³-hybridized carbons (Fsp3) is 0.529. The van der Waals surface area contributed by atoms with Crippen LogP contribution in [0.4, 0.5) is 5.69 Å². The highest BCUT2D eigenvalue weighted by molar-refractivity contribution is 7.99. The SMILES string of the molecule is CNCC(C)C(=O)Nc1ccc(CC(=O)N2CCSCC2)cc1. The zero-order valence-electron chi connectivity index (χ0n) is 13.8. The number of hydrogen-bond acceptors (Lipinski definition) is 4. The third-order valence-electron chi connectivity index (χ3n) is 3.90. The summed E-state index contributed by atoms with van der Waals surface area (Å²) in [4.78, 5) is 26.1. The van der Waals surface area contributed by atoms with Crippen LogP contribution in [0, 0.1) is 5.92 Å². The van der Waals surface area contributed by atoms with E-state index in [0.717, 1.165) is 35.8 Å². The molecule has 1 aliphatic rings. The molecule has 2 rings (SSSR count). The standard InChI is InChI=1S/C17H25N3O2S/c1-13(12-18-2)17(22)19-15-5-3-14(4-6-15)11-16(21)20-7-9-23-10-8-20/h3-6,13,18H,7-12H2,1-2H3,(H,19,22). The van der Waals surface area contributed by atoms with Crippen LogP contribution in [0.25, 0.3) is 0 Å². The molecular formula is C17H25N3O2S. The van der Waals surface area contributed by atoms with Crippen molar-refractivity contribution in [3.63, 3.8) is 0 Å². The van der Waals surface area contributed by atoms with Gasteiger partial charge < -0.3 is 15.5 Å². The Hall–Kier alpha value is -1.53. The molecule has 1 aromatic rings. The number of carbonyl (C=O) groups excluding carboxylic acids is 2. The van der Waals surface area contributed by atoms with Crippen LogP contribution in [-0.2, 0) is 16.0 Å². The van der Waals surface area contributed by atoms with Gasteiger partial charge in [-0.3, -0.25) is 9.59 Å². The second-order valence-corrected chi connectivity index (χ2v) is 7.04. The van der Waals surface area contributed by atoms with Crippen molar-refractivity contribution in [2.75, 3.05) is 43.5 Å². The Morgan fingerprint density at radius 1 is 1.22 bits per heavy atom. The minimum Gasteiger partial charge on any atom is -0.341 e. The predicted molar refractivity (Wildman–Crippen MR) is 95.8 cm³/mol. The first-order valence-corrected chi connectivity index (χ1v) is 9.15. The molecule has 0 radical (unpaired) electrons. The third-order valence-corrected chi connectivity index (χ3v) is 4.84. The molecule has 126 valence electrons. The topological polar surface area (TPSA) is 61.4 Å². The zero-order valence-corrected chi connectivity index (χ0v) is 14.6. The van der Waals surface area contributed by atoms with Crippen molar-refractivity contribution in [3.8, 4) is 0 Å². The molecule has 1 unspecified atom stereocenters. The molecule has 1 atom stereocenters. The van der Waals surface area contributed by atoms with Crippen molar-refractivity contribution in [3.05, 3.63) is 29.8 Å². The summed E-state index contributed by atoms with van der Waals surface area (Å²) in [6.07, 6.45) is 0.426. The minimum atomic E-state index is -0.0850. The molecule has 1 aliphatic heterocycles. The van der Waals surface area contributed by atoms with E-state index in [0.29, 0.717) is 13.0 Å². The highest BCUT2D eigenvalue weighted by Gasteiger charge is 2.17. The molecule has 1 heterocycles. The highest BCUT2D eigenvalue weighted by atomic mass is 32.2.